The van der Waals surface area contributed by atoms with E-state index in [1.807, 2.05) is 0 Å². The van der Waals surface area contributed by atoms with Crippen molar-refractivity contribution >= 4 is 5.91 Å². The summed E-state index contributed by atoms with van der Waals surface area (Å²) in [4.78, 5) is 12.9. The zero-order valence-electron chi connectivity index (χ0n) is 10.2. The van der Waals surface area contributed by atoms with Gasteiger partial charge in [0.25, 0.3) is 0 Å². The summed E-state index contributed by atoms with van der Waals surface area (Å²) in [5.74, 6) is -0.251. The van der Waals surface area contributed by atoms with Gasteiger partial charge in [0, 0.05) is 32.7 Å². The lowest BCUT2D eigenvalue weighted by atomic mass is 9.82. The quantitative estimate of drug-likeness (QED) is 0.722. The highest BCUT2D eigenvalue weighted by atomic mass is 16.5. The van der Waals surface area contributed by atoms with E-state index in [0.29, 0.717) is 6.42 Å². The summed E-state index contributed by atoms with van der Waals surface area (Å²) in [6.45, 7) is 3.24. The van der Waals surface area contributed by atoms with Gasteiger partial charge in [-0.15, -0.1) is 0 Å². The zero-order valence-corrected chi connectivity index (χ0v) is 10.2. The highest BCUT2D eigenvalue weighted by Crippen LogP contribution is 2.35. The summed E-state index contributed by atoms with van der Waals surface area (Å²) < 4.78 is 5.82. The Morgan fingerprint density at radius 2 is 2.18 bits per heavy atom. The molecule has 0 aromatic heterocycles. The largest absolute Gasteiger partial charge is 0.390 e. The Morgan fingerprint density at radius 3 is 2.76 bits per heavy atom. The van der Waals surface area contributed by atoms with E-state index in [2.05, 4.69) is 4.90 Å². The van der Waals surface area contributed by atoms with Crippen molar-refractivity contribution in [3.8, 4) is 0 Å². The number of carbonyl (C=O) groups excluding carboxylic acids is 1. The van der Waals surface area contributed by atoms with E-state index in [0.717, 1.165) is 51.9 Å². The molecule has 0 aromatic carbocycles. The number of rotatable bonds is 3. The topological polar surface area (TPSA) is 75.8 Å². The Hall–Kier alpha value is -0.650. The van der Waals surface area contributed by atoms with E-state index in [1.165, 1.54) is 0 Å². The van der Waals surface area contributed by atoms with Gasteiger partial charge in [0.05, 0.1) is 11.7 Å². The lowest BCUT2D eigenvalue weighted by Crippen LogP contribution is -2.55. The molecule has 17 heavy (non-hydrogen) atoms. The van der Waals surface area contributed by atoms with Crippen molar-refractivity contribution in [2.24, 2.45) is 5.73 Å². The average molecular weight is 242 g/mol. The van der Waals surface area contributed by atoms with Crippen molar-refractivity contribution in [2.45, 2.75) is 43.8 Å². The van der Waals surface area contributed by atoms with Crippen molar-refractivity contribution < 1.29 is 14.6 Å². The summed E-state index contributed by atoms with van der Waals surface area (Å²) in [7, 11) is 0. The van der Waals surface area contributed by atoms with Gasteiger partial charge in [-0.2, -0.15) is 0 Å². The van der Waals surface area contributed by atoms with Crippen LogP contribution in [0.5, 0.6) is 0 Å². The van der Waals surface area contributed by atoms with Crippen LogP contribution in [0.25, 0.3) is 0 Å². The van der Waals surface area contributed by atoms with Crippen molar-refractivity contribution in [1.29, 1.82) is 0 Å². The van der Waals surface area contributed by atoms with Crippen molar-refractivity contribution in [3.63, 3.8) is 0 Å². The second kappa shape index (κ2) is 5.33. The zero-order chi connectivity index (χ0) is 12.3. The average Bonchev–Trinajstić information content (AvgIpc) is 2.32. The van der Waals surface area contributed by atoms with Gasteiger partial charge in [-0.1, -0.05) is 0 Å². The molecule has 0 saturated carbocycles. The Balaban J connectivity index is 1.82. The fourth-order valence-electron chi connectivity index (χ4n) is 2.81. The van der Waals surface area contributed by atoms with E-state index >= 15 is 0 Å². The minimum atomic E-state index is -0.324. The Morgan fingerprint density at radius 1 is 1.47 bits per heavy atom. The van der Waals surface area contributed by atoms with Crippen LogP contribution in [-0.4, -0.2) is 53.9 Å². The normalized spacial score (nSPS) is 29.4. The second-order valence-corrected chi connectivity index (χ2v) is 5.13. The molecule has 2 rings (SSSR count). The molecule has 1 amide bonds. The standard InChI is InChI=1S/C12H22N2O3/c13-11(16)3-6-14-7-4-12(5-8-14)10(15)2-1-9-17-12/h10,15H,1-9H2,(H2,13,16)/t10-/m0/s1. The first-order valence-electron chi connectivity index (χ1n) is 6.45. The van der Waals surface area contributed by atoms with Crippen LogP contribution in [0.4, 0.5) is 0 Å². The maximum Gasteiger partial charge on any atom is 0.218 e. The molecular formula is C12H22N2O3. The molecule has 2 aliphatic heterocycles. The minimum Gasteiger partial charge on any atom is -0.390 e. The Labute approximate surface area is 102 Å². The molecule has 1 spiro atoms. The summed E-state index contributed by atoms with van der Waals surface area (Å²) in [6, 6.07) is 0. The molecule has 0 aromatic rings. The molecular weight excluding hydrogens is 220 g/mol. The SMILES string of the molecule is NC(=O)CCN1CCC2(CC1)OCCC[C@@H]2O. The second-order valence-electron chi connectivity index (χ2n) is 5.13. The first kappa shape index (κ1) is 12.8. The number of hydrogen-bond acceptors (Lipinski definition) is 4. The number of piperidine rings is 1. The van der Waals surface area contributed by atoms with Crippen LogP contribution in [0.3, 0.4) is 0 Å². The summed E-state index contributed by atoms with van der Waals surface area (Å²) in [5, 5.41) is 10.1. The van der Waals surface area contributed by atoms with Gasteiger partial charge in [0.1, 0.15) is 0 Å². The Kier molecular flexibility index (Phi) is 4.01. The lowest BCUT2D eigenvalue weighted by Gasteiger charge is -2.46. The molecule has 2 saturated heterocycles. The number of ether oxygens (including phenoxy) is 1. The molecule has 0 bridgehead atoms. The van der Waals surface area contributed by atoms with Crippen LogP contribution < -0.4 is 5.73 Å². The molecule has 5 nitrogen and oxygen atoms in total. The Bertz CT molecular complexity index is 275. The third-order valence-electron chi connectivity index (χ3n) is 4.00. The van der Waals surface area contributed by atoms with Crippen LogP contribution in [0.15, 0.2) is 0 Å². The van der Waals surface area contributed by atoms with E-state index in [9.17, 15) is 9.90 Å². The lowest BCUT2D eigenvalue weighted by molar-refractivity contribution is -0.176. The molecule has 0 radical (unpaired) electrons. The third-order valence-corrected chi connectivity index (χ3v) is 4.00. The van der Waals surface area contributed by atoms with Gasteiger partial charge >= 0.3 is 0 Å². The van der Waals surface area contributed by atoms with E-state index < -0.39 is 0 Å². The number of hydrogen-bond donors (Lipinski definition) is 2. The van der Waals surface area contributed by atoms with Gasteiger partial charge in [-0.25, -0.2) is 0 Å². The molecule has 3 N–H and O–H groups in total. The predicted molar refractivity (Wildman–Crippen MR) is 63.4 cm³/mol. The maximum atomic E-state index is 10.7. The number of aliphatic hydroxyl groups is 1. The highest BCUT2D eigenvalue weighted by Gasteiger charge is 2.43. The monoisotopic (exact) mass is 242 g/mol. The van der Waals surface area contributed by atoms with Crippen LogP contribution in [-0.2, 0) is 9.53 Å². The molecule has 5 heteroatoms. The van der Waals surface area contributed by atoms with E-state index in [4.69, 9.17) is 10.5 Å². The summed E-state index contributed by atoms with van der Waals surface area (Å²) in [5.41, 5.74) is 4.82. The first-order chi connectivity index (χ1) is 8.12. The van der Waals surface area contributed by atoms with Crippen molar-refractivity contribution in [3.05, 3.63) is 0 Å². The number of nitrogens with zero attached hydrogens (tertiary/aromatic N) is 1. The predicted octanol–water partition coefficient (Wildman–Crippen LogP) is -0.132. The molecule has 1 atom stereocenters. The van der Waals surface area contributed by atoms with Crippen LogP contribution >= 0.6 is 0 Å². The molecule has 2 aliphatic rings. The maximum absolute atomic E-state index is 10.7. The smallest absolute Gasteiger partial charge is 0.218 e. The summed E-state index contributed by atoms with van der Waals surface area (Å²) >= 11 is 0. The fraction of sp³-hybridized carbons (Fsp3) is 0.917. The van der Waals surface area contributed by atoms with Gasteiger partial charge in [-0.05, 0) is 25.7 Å². The molecule has 98 valence electrons. The molecule has 0 unspecified atom stereocenters. The number of amides is 1. The van der Waals surface area contributed by atoms with Crippen molar-refractivity contribution in [1.82, 2.24) is 4.90 Å². The van der Waals surface area contributed by atoms with Gasteiger partial charge < -0.3 is 20.5 Å². The fourth-order valence-corrected chi connectivity index (χ4v) is 2.81. The number of primary amides is 1. The third kappa shape index (κ3) is 2.97. The number of carbonyl (C=O) groups is 1. The van der Waals surface area contributed by atoms with Gasteiger partial charge in [0.2, 0.25) is 5.91 Å². The highest BCUT2D eigenvalue weighted by molar-refractivity contribution is 5.73. The van der Waals surface area contributed by atoms with Crippen LogP contribution in [0.1, 0.15) is 32.1 Å². The van der Waals surface area contributed by atoms with Crippen LogP contribution in [0, 0.1) is 0 Å². The van der Waals surface area contributed by atoms with Gasteiger partial charge in [0.15, 0.2) is 0 Å². The molecule has 2 heterocycles. The van der Waals surface area contributed by atoms with E-state index in [1.54, 1.807) is 0 Å². The van der Waals surface area contributed by atoms with Crippen LogP contribution in [0.2, 0.25) is 0 Å². The molecule has 2 fully saturated rings. The first-order valence-corrected chi connectivity index (χ1v) is 6.45. The minimum absolute atomic E-state index is 0.251. The van der Waals surface area contributed by atoms with Crippen molar-refractivity contribution in [2.75, 3.05) is 26.2 Å². The van der Waals surface area contributed by atoms with Gasteiger partial charge in [-0.3, -0.25) is 4.79 Å². The number of likely N-dealkylation sites (tertiary alicyclic amines) is 1. The number of aliphatic hydroxyl groups excluding tert-OH is 1. The van der Waals surface area contributed by atoms with E-state index in [-0.39, 0.29) is 17.6 Å². The molecule has 0 aliphatic carbocycles. The summed E-state index contributed by atoms with van der Waals surface area (Å²) in [6.07, 6.45) is 3.60. The number of nitrogens with two attached hydrogens (primary N) is 1.